The van der Waals surface area contributed by atoms with Crippen LogP contribution in [0.15, 0.2) is 30.3 Å². The zero-order valence-electron chi connectivity index (χ0n) is 9.50. The van der Waals surface area contributed by atoms with Crippen molar-refractivity contribution in [1.82, 2.24) is 0 Å². The molecule has 0 atom stereocenters. The lowest BCUT2D eigenvalue weighted by molar-refractivity contribution is 0.527. The highest BCUT2D eigenvalue weighted by Crippen LogP contribution is 2.10. The van der Waals surface area contributed by atoms with E-state index in [1.54, 1.807) is 0 Å². The molecule has 0 saturated carbocycles. The van der Waals surface area contributed by atoms with E-state index in [4.69, 9.17) is 0 Å². The summed E-state index contributed by atoms with van der Waals surface area (Å²) < 4.78 is 0. The van der Waals surface area contributed by atoms with Gasteiger partial charge in [0.2, 0.25) is 0 Å². The van der Waals surface area contributed by atoms with Crippen LogP contribution in [-0.2, 0) is 6.42 Å². The molecule has 78 valence electrons. The van der Waals surface area contributed by atoms with Crippen LogP contribution in [0.4, 0.5) is 0 Å². The Morgan fingerprint density at radius 1 is 0.929 bits per heavy atom. The van der Waals surface area contributed by atoms with Gasteiger partial charge in [0.15, 0.2) is 0 Å². The van der Waals surface area contributed by atoms with Crippen LogP contribution in [0, 0.1) is 5.92 Å². The largest absolute Gasteiger partial charge is 0.0628 e. The van der Waals surface area contributed by atoms with Gasteiger partial charge >= 0.3 is 0 Å². The summed E-state index contributed by atoms with van der Waals surface area (Å²) in [6.45, 7) is 4.61. The molecule has 0 aliphatic heterocycles. The molecule has 0 N–H and O–H groups in total. The third-order valence-corrected chi connectivity index (χ3v) is 2.59. The van der Waals surface area contributed by atoms with Crippen LogP contribution in [0.5, 0.6) is 0 Å². The normalized spacial score (nSPS) is 10.8. The first-order valence-corrected chi connectivity index (χ1v) is 5.83. The average Bonchev–Trinajstić information content (AvgIpc) is 2.18. The fourth-order valence-corrected chi connectivity index (χ4v) is 1.70. The first kappa shape index (κ1) is 11.3. The van der Waals surface area contributed by atoms with Gasteiger partial charge in [-0.1, -0.05) is 63.4 Å². The number of benzene rings is 1. The quantitative estimate of drug-likeness (QED) is 0.581. The summed E-state index contributed by atoms with van der Waals surface area (Å²) in [5.41, 5.74) is 1.48. The minimum absolute atomic E-state index is 0.867. The topological polar surface area (TPSA) is 0 Å². The van der Waals surface area contributed by atoms with E-state index in [1.807, 2.05) is 0 Å². The molecule has 0 aromatic heterocycles. The highest BCUT2D eigenvalue weighted by atomic mass is 14.0. The molecule has 0 aliphatic rings. The molecular weight excluding hydrogens is 168 g/mol. The maximum absolute atomic E-state index is 2.30. The van der Waals surface area contributed by atoms with E-state index in [0.717, 1.165) is 5.92 Å². The van der Waals surface area contributed by atoms with E-state index in [1.165, 1.54) is 37.7 Å². The molecule has 0 heterocycles. The number of rotatable bonds is 6. The Balaban J connectivity index is 2.05. The highest BCUT2D eigenvalue weighted by Gasteiger charge is 1.95. The summed E-state index contributed by atoms with van der Waals surface area (Å²) in [5.74, 6) is 0.867. The second kappa shape index (κ2) is 6.64. The molecule has 0 bridgehead atoms. The predicted molar refractivity (Wildman–Crippen MR) is 63.5 cm³/mol. The lowest BCUT2D eigenvalue weighted by Gasteiger charge is -2.04. The van der Waals surface area contributed by atoms with Crippen molar-refractivity contribution in [2.45, 2.75) is 46.0 Å². The maximum atomic E-state index is 2.30. The van der Waals surface area contributed by atoms with Crippen molar-refractivity contribution in [3.63, 3.8) is 0 Å². The second-order valence-corrected chi connectivity index (χ2v) is 4.48. The van der Waals surface area contributed by atoms with Gasteiger partial charge in [-0.15, -0.1) is 0 Å². The van der Waals surface area contributed by atoms with Crippen LogP contribution in [0.25, 0.3) is 0 Å². The monoisotopic (exact) mass is 190 g/mol. The van der Waals surface area contributed by atoms with Crippen molar-refractivity contribution in [2.75, 3.05) is 0 Å². The van der Waals surface area contributed by atoms with Gasteiger partial charge in [-0.3, -0.25) is 0 Å². The second-order valence-electron chi connectivity index (χ2n) is 4.48. The number of aryl methyl sites for hydroxylation is 1. The molecular formula is C14H22. The Morgan fingerprint density at radius 2 is 1.64 bits per heavy atom. The van der Waals surface area contributed by atoms with Crippen molar-refractivity contribution >= 4 is 0 Å². The van der Waals surface area contributed by atoms with Gasteiger partial charge in [-0.2, -0.15) is 0 Å². The lowest BCUT2D eigenvalue weighted by Crippen LogP contribution is -1.89. The Kier molecular flexibility index (Phi) is 5.36. The van der Waals surface area contributed by atoms with Crippen molar-refractivity contribution in [2.24, 2.45) is 5.92 Å². The Bertz CT molecular complexity index is 223. The van der Waals surface area contributed by atoms with Gasteiger partial charge < -0.3 is 0 Å². The summed E-state index contributed by atoms with van der Waals surface area (Å²) in [6.07, 6.45) is 6.75. The van der Waals surface area contributed by atoms with Crippen molar-refractivity contribution < 1.29 is 0 Å². The van der Waals surface area contributed by atoms with Gasteiger partial charge in [0.25, 0.3) is 0 Å². The van der Waals surface area contributed by atoms with Crippen LogP contribution >= 0.6 is 0 Å². The van der Waals surface area contributed by atoms with Gasteiger partial charge in [-0.25, -0.2) is 0 Å². The van der Waals surface area contributed by atoms with E-state index in [2.05, 4.69) is 44.2 Å². The van der Waals surface area contributed by atoms with Crippen molar-refractivity contribution in [3.8, 4) is 0 Å². The molecule has 0 nitrogen and oxygen atoms in total. The third-order valence-electron chi connectivity index (χ3n) is 2.59. The highest BCUT2D eigenvalue weighted by molar-refractivity contribution is 5.14. The molecule has 0 heteroatoms. The third kappa shape index (κ3) is 5.06. The smallest absolute Gasteiger partial charge is 0.0279 e. The Hall–Kier alpha value is -0.780. The number of unbranched alkanes of at least 4 members (excludes halogenated alkanes) is 2. The van der Waals surface area contributed by atoms with E-state index >= 15 is 0 Å². The van der Waals surface area contributed by atoms with Gasteiger partial charge in [-0.05, 0) is 24.3 Å². The molecule has 14 heavy (non-hydrogen) atoms. The molecule has 0 saturated heterocycles. The molecule has 0 fully saturated rings. The molecule has 0 unspecified atom stereocenters. The fourth-order valence-electron chi connectivity index (χ4n) is 1.70. The van der Waals surface area contributed by atoms with Crippen LogP contribution in [0.1, 0.15) is 45.1 Å². The standard InChI is InChI=1S/C14H22/c1-13(2)9-5-3-6-10-14-11-7-4-8-12-14/h4,7-8,11-13H,3,5-6,9-10H2,1-2H3. The van der Waals surface area contributed by atoms with Crippen LogP contribution < -0.4 is 0 Å². The zero-order valence-corrected chi connectivity index (χ0v) is 9.50. The minimum Gasteiger partial charge on any atom is -0.0628 e. The van der Waals surface area contributed by atoms with Crippen LogP contribution in [-0.4, -0.2) is 0 Å². The summed E-state index contributed by atoms with van der Waals surface area (Å²) in [5, 5.41) is 0. The minimum atomic E-state index is 0.867. The Labute approximate surface area is 88.4 Å². The van der Waals surface area contributed by atoms with Crippen molar-refractivity contribution in [3.05, 3.63) is 35.9 Å². The lowest BCUT2D eigenvalue weighted by atomic mass is 10.0. The SMILES string of the molecule is CC(C)CCCCCc1ccccc1. The summed E-state index contributed by atoms with van der Waals surface area (Å²) in [4.78, 5) is 0. The van der Waals surface area contributed by atoms with E-state index in [0.29, 0.717) is 0 Å². The molecule has 1 aromatic carbocycles. The van der Waals surface area contributed by atoms with Gasteiger partial charge in [0.05, 0.1) is 0 Å². The van der Waals surface area contributed by atoms with Gasteiger partial charge in [0.1, 0.15) is 0 Å². The molecule has 0 radical (unpaired) electrons. The molecule has 0 spiro atoms. The fraction of sp³-hybridized carbons (Fsp3) is 0.571. The number of hydrogen-bond donors (Lipinski definition) is 0. The summed E-state index contributed by atoms with van der Waals surface area (Å²) in [6, 6.07) is 10.8. The van der Waals surface area contributed by atoms with Crippen molar-refractivity contribution in [1.29, 1.82) is 0 Å². The van der Waals surface area contributed by atoms with E-state index < -0.39 is 0 Å². The van der Waals surface area contributed by atoms with Crippen LogP contribution in [0.3, 0.4) is 0 Å². The maximum Gasteiger partial charge on any atom is -0.0279 e. The first-order valence-electron chi connectivity index (χ1n) is 5.83. The average molecular weight is 190 g/mol. The van der Waals surface area contributed by atoms with Crippen LogP contribution in [0.2, 0.25) is 0 Å². The van der Waals surface area contributed by atoms with E-state index in [9.17, 15) is 0 Å². The summed E-state index contributed by atoms with van der Waals surface area (Å²) in [7, 11) is 0. The number of hydrogen-bond acceptors (Lipinski definition) is 0. The first-order chi connectivity index (χ1) is 6.79. The Morgan fingerprint density at radius 3 is 2.29 bits per heavy atom. The molecule has 1 aromatic rings. The summed E-state index contributed by atoms with van der Waals surface area (Å²) >= 11 is 0. The molecule has 1 rings (SSSR count). The predicted octanol–water partition coefficient (Wildman–Crippen LogP) is 4.45. The van der Waals surface area contributed by atoms with E-state index in [-0.39, 0.29) is 0 Å². The molecule has 0 amide bonds. The zero-order chi connectivity index (χ0) is 10.2. The van der Waals surface area contributed by atoms with Gasteiger partial charge in [0, 0.05) is 0 Å². The molecule has 0 aliphatic carbocycles.